The van der Waals surface area contributed by atoms with Gasteiger partial charge in [-0.25, -0.2) is 4.79 Å². The van der Waals surface area contributed by atoms with E-state index in [4.69, 9.17) is 0 Å². The first-order valence-electron chi connectivity index (χ1n) is 7.75. The third-order valence-electron chi connectivity index (χ3n) is 3.96. The number of carbonyl (C=O) groups excluding carboxylic acids is 1. The molecule has 0 saturated heterocycles. The lowest BCUT2D eigenvalue weighted by molar-refractivity contribution is 0.0509. The van der Waals surface area contributed by atoms with Crippen LogP contribution in [0.25, 0.3) is 0 Å². The molecule has 1 aromatic rings. The van der Waals surface area contributed by atoms with E-state index in [0.29, 0.717) is 0 Å². The van der Waals surface area contributed by atoms with Crippen molar-refractivity contribution < 1.29 is 15.0 Å². The topological polar surface area (TPSA) is 72.8 Å². The molecule has 22 heavy (non-hydrogen) atoms. The lowest BCUT2D eigenvalue weighted by Gasteiger charge is -2.30. The fraction of sp³-hybridized carbons (Fsp3) is 0.588. The van der Waals surface area contributed by atoms with Crippen molar-refractivity contribution in [2.75, 3.05) is 32.1 Å². The summed E-state index contributed by atoms with van der Waals surface area (Å²) in [6, 6.07) is 5.80. The number of hydrogen-bond donors (Lipinski definition) is 3. The first-order valence-corrected chi connectivity index (χ1v) is 7.75. The smallest absolute Gasteiger partial charge is 0.321 e. The number of nitrogens with zero attached hydrogens (tertiary/aromatic N) is 1. The molecule has 0 aromatic heterocycles. The molecule has 0 atom stereocenters. The first-order chi connectivity index (χ1) is 10.4. The molecule has 0 aliphatic carbocycles. The number of hydrogen-bond acceptors (Lipinski definition) is 3. The predicted molar refractivity (Wildman–Crippen MR) is 89.1 cm³/mol. The Kier molecular flexibility index (Phi) is 6.84. The number of urea groups is 1. The Morgan fingerprint density at radius 2 is 1.68 bits per heavy atom. The van der Waals surface area contributed by atoms with Gasteiger partial charge in [0.25, 0.3) is 0 Å². The summed E-state index contributed by atoms with van der Waals surface area (Å²) < 4.78 is 0. The normalized spacial score (nSPS) is 11.4. The number of aliphatic hydroxyl groups excluding tert-OH is 2. The highest BCUT2D eigenvalue weighted by Gasteiger charge is 2.26. The van der Waals surface area contributed by atoms with E-state index in [1.165, 1.54) is 4.90 Å². The van der Waals surface area contributed by atoms with Gasteiger partial charge in [-0.05, 0) is 24.0 Å². The number of anilines is 1. The molecule has 0 unspecified atom stereocenters. The molecule has 1 aromatic carbocycles. The number of para-hydroxylation sites is 1. The highest BCUT2D eigenvalue weighted by Crippen LogP contribution is 2.23. The molecule has 0 bridgehead atoms. The van der Waals surface area contributed by atoms with Crippen LogP contribution in [0.15, 0.2) is 18.2 Å². The van der Waals surface area contributed by atoms with E-state index >= 15 is 0 Å². The van der Waals surface area contributed by atoms with Crippen LogP contribution in [0.1, 0.15) is 31.9 Å². The average molecular weight is 308 g/mol. The van der Waals surface area contributed by atoms with Crippen molar-refractivity contribution in [3.8, 4) is 0 Å². The van der Waals surface area contributed by atoms with E-state index < -0.39 is 5.41 Å². The van der Waals surface area contributed by atoms with Crippen LogP contribution in [0.4, 0.5) is 10.5 Å². The van der Waals surface area contributed by atoms with Gasteiger partial charge >= 0.3 is 6.03 Å². The lowest BCUT2D eigenvalue weighted by Crippen LogP contribution is -2.43. The maximum absolute atomic E-state index is 12.4. The van der Waals surface area contributed by atoms with Crippen molar-refractivity contribution >= 4 is 11.7 Å². The maximum atomic E-state index is 12.4. The molecule has 0 aliphatic heterocycles. The molecule has 0 aliphatic rings. The average Bonchev–Trinajstić information content (AvgIpc) is 2.54. The number of aryl methyl sites for hydroxylation is 2. The predicted octanol–water partition coefficient (Wildman–Crippen LogP) is 2.27. The van der Waals surface area contributed by atoms with Crippen LogP contribution < -0.4 is 5.32 Å². The van der Waals surface area contributed by atoms with E-state index in [-0.39, 0.29) is 25.8 Å². The monoisotopic (exact) mass is 308 g/mol. The second-order valence-corrected chi connectivity index (χ2v) is 6.07. The number of aliphatic hydroxyl groups is 2. The van der Waals surface area contributed by atoms with Crippen LogP contribution in [0.2, 0.25) is 0 Å². The van der Waals surface area contributed by atoms with Gasteiger partial charge in [-0.1, -0.05) is 39.0 Å². The molecular formula is C17H28N2O3. The Morgan fingerprint density at radius 1 is 1.18 bits per heavy atom. The van der Waals surface area contributed by atoms with E-state index in [0.717, 1.165) is 29.7 Å². The molecule has 0 saturated carbocycles. The Balaban J connectivity index is 2.89. The summed E-state index contributed by atoms with van der Waals surface area (Å²) in [5, 5.41) is 21.7. The van der Waals surface area contributed by atoms with Crippen LogP contribution in [0, 0.1) is 5.41 Å². The molecule has 1 rings (SSSR count). The van der Waals surface area contributed by atoms with Crippen LogP contribution in [0.3, 0.4) is 0 Å². The highest BCUT2D eigenvalue weighted by atomic mass is 16.3. The molecule has 0 radical (unpaired) electrons. The van der Waals surface area contributed by atoms with Crippen molar-refractivity contribution in [3.05, 3.63) is 29.3 Å². The summed E-state index contributed by atoms with van der Waals surface area (Å²) in [5.74, 6) is 0. The van der Waals surface area contributed by atoms with Crippen molar-refractivity contribution in [1.82, 2.24) is 4.90 Å². The highest BCUT2D eigenvalue weighted by molar-refractivity contribution is 5.91. The van der Waals surface area contributed by atoms with E-state index in [9.17, 15) is 15.0 Å². The van der Waals surface area contributed by atoms with Gasteiger partial charge in [0.15, 0.2) is 0 Å². The molecule has 0 heterocycles. The van der Waals surface area contributed by atoms with Crippen molar-refractivity contribution in [2.24, 2.45) is 5.41 Å². The van der Waals surface area contributed by atoms with Gasteiger partial charge in [0.2, 0.25) is 0 Å². The van der Waals surface area contributed by atoms with Crippen molar-refractivity contribution in [1.29, 1.82) is 0 Å². The van der Waals surface area contributed by atoms with Gasteiger partial charge in [-0.2, -0.15) is 0 Å². The summed E-state index contributed by atoms with van der Waals surface area (Å²) in [4.78, 5) is 13.9. The SMILES string of the molecule is CCc1cccc(CC)c1NC(=O)N(C)CC(C)(CO)CO. The van der Waals surface area contributed by atoms with E-state index in [1.54, 1.807) is 14.0 Å². The van der Waals surface area contributed by atoms with Gasteiger partial charge in [-0.15, -0.1) is 0 Å². The van der Waals surface area contributed by atoms with Crippen molar-refractivity contribution in [3.63, 3.8) is 0 Å². The quantitative estimate of drug-likeness (QED) is 0.723. The molecular weight excluding hydrogens is 280 g/mol. The number of rotatable bonds is 7. The number of carbonyl (C=O) groups is 1. The molecule has 124 valence electrons. The Labute approximate surface area is 133 Å². The minimum absolute atomic E-state index is 0.174. The minimum atomic E-state index is -0.704. The third-order valence-corrected chi connectivity index (χ3v) is 3.96. The molecule has 2 amide bonds. The lowest BCUT2D eigenvalue weighted by atomic mass is 9.92. The molecule has 5 nitrogen and oxygen atoms in total. The second kappa shape index (κ2) is 8.15. The molecule has 3 N–H and O–H groups in total. The second-order valence-electron chi connectivity index (χ2n) is 6.07. The summed E-state index contributed by atoms with van der Waals surface area (Å²) >= 11 is 0. The minimum Gasteiger partial charge on any atom is -0.396 e. The Bertz CT molecular complexity index is 476. The van der Waals surface area contributed by atoms with Gasteiger partial charge in [0.1, 0.15) is 0 Å². The maximum Gasteiger partial charge on any atom is 0.321 e. The number of benzene rings is 1. The summed E-state index contributed by atoms with van der Waals surface area (Å²) in [7, 11) is 1.67. The van der Waals surface area contributed by atoms with Gasteiger partial charge in [-0.3, -0.25) is 0 Å². The Hall–Kier alpha value is -1.59. The molecule has 5 heteroatoms. The number of nitrogens with one attached hydrogen (secondary N) is 1. The zero-order valence-corrected chi connectivity index (χ0v) is 14.0. The summed E-state index contributed by atoms with van der Waals surface area (Å²) in [5.41, 5.74) is 2.38. The van der Waals surface area contributed by atoms with Crippen LogP contribution in [-0.2, 0) is 12.8 Å². The largest absolute Gasteiger partial charge is 0.396 e. The molecule has 0 spiro atoms. The zero-order chi connectivity index (χ0) is 16.8. The Morgan fingerprint density at radius 3 is 2.09 bits per heavy atom. The van der Waals surface area contributed by atoms with Gasteiger partial charge in [0, 0.05) is 24.7 Å². The van der Waals surface area contributed by atoms with Crippen LogP contribution in [0.5, 0.6) is 0 Å². The van der Waals surface area contributed by atoms with Crippen LogP contribution >= 0.6 is 0 Å². The third kappa shape index (κ3) is 4.45. The summed E-state index contributed by atoms with van der Waals surface area (Å²) in [6.45, 7) is 5.79. The molecule has 0 fully saturated rings. The van der Waals surface area contributed by atoms with Gasteiger partial charge < -0.3 is 20.4 Å². The number of amides is 2. The summed E-state index contributed by atoms with van der Waals surface area (Å²) in [6.07, 6.45) is 1.69. The van der Waals surface area contributed by atoms with Crippen LogP contribution in [-0.4, -0.2) is 48.0 Å². The van der Waals surface area contributed by atoms with Crippen molar-refractivity contribution in [2.45, 2.75) is 33.6 Å². The fourth-order valence-electron chi connectivity index (χ4n) is 2.40. The first kappa shape index (κ1) is 18.5. The van der Waals surface area contributed by atoms with Gasteiger partial charge in [0.05, 0.1) is 13.2 Å². The van der Waals surface area contributed by atoms with E-state index in [1.807, 2.05) is 18.2 Å². The fourth-order valence-corrected chi connectivity index (χ4v) is 2.40. The van der Waals surface area contributed by atoms with E-state index in [2.05, 4.69) is 19.2 Å². The zero-order valence-electron chi connectivity index (χ0n) is 14.0. The standard InChI is InChI=1S/C17H28N2O3/c1-5-13-8-7-9-14(6-2)15(13)18-16(22)19(4)10-17(3,11-20)12-21/h7-9,20-21H,5-6,10-12H2,1-4H3,(H,18,22).